The normalized spacial score (nSPS) is 10.3. The lowest BCUT2D eigenvalue weighted by molar-refractivity contribution is -0.0762. The fourth-order valence-corrected chi connectivity index (χ4v) is 1.16. The molecule has 0 bridgehead atoms. The Balaban J connectivity index is 3.12. The third-order valence-corrected chi connectivity index (χ3v) is 2.03. The van der Waals surface area contributed by atoms with Crippen LogP contribution in [-0.4, -0.2) is 34.9 Å². The maximum Gasteiger partial charge on any atom is 0.297 e. The zero-order valence-corrected chi connectivity index (χ0v) is 8.74. The Bertz CT molecular complexity index is 358. The number of carbonyl (C=O) groups excluding carboxylic acids is 1. The molecule has 1 rings (SSSR count). The van der Waals surface area contributed by atoms with Gasteiger partial charge in [-0.1, -0.05) is 0 Å². The predicted octanol–water partition coefficient (Wildman–Crippen LogP) is -0.0559. The van der Waals surface area contributed by atoms with Gasteiger partial charge in [-0.15, -0.1) is 0 Å². The average Bonchev–Trinajstić information content (AvgIpc) is 2.39. The number of amides is 1. The number of anilines is 1. The fraction of sp³-hybridized carbons (Fsp3) is 0.500. The van der Waals surface area contributed by atoms with Gasteiger partial charge in [0.25, 0.3) is 5.91 Å². The minimum Gasteiger partial charge on any atom is -0.395 e. The number of aryl methyl sites for hydroxylation is 2. The molecule has 1 heterocycles. The number of rotatable bonds is 2. The molecule has 0 radical (unpaired) electrons. The molecule has 1 aromatic heterocycles. The summed E-state index contributed by atoms with van der Waals surface area (Å²) < 4.78 is 1.45. The summed E-state index contributed by atoms with van der Waals surface area (Å²) in [5, 5.41) is 5.14. The van der Waals surface area contributed by atoms with E-state index in [4.69, 9.17) is 10.6 Å². The Labute approximate surface area is 82.2 Å². The van der Waals surface area contributed by atoms with Crippen molar-refractivity contribution < 1.29 is 9.63 Å². The van der Waals surface area contributed by atoms with Crippen molar-refractivity contribution in [3.05, 3.63) is 11.4 Å². The van der Waals surface area contributed by atoms with Crippen LogP contribution >= 0.6 is 0 Å². The lowest BCUT2D eigenvalue weighted by Crippen LogP contribution is -2.28. The Morgan fingerprint density at radius 2 is 2.21 bits per heavy atom. The molecule has 0 aliphatic carbocycles. The van der Waals surface area contributed by atoms with E-state index in [0.29, 0.717) is 17.1 Å². The van der Waals surface area contributed by atoms with Crippen LogP contribution in [0.1, 0.15) is 16.2 Å². The van der Waals surface area contributed by atoms with E-state index in [1.165, 1.54) is 18.8 Å². The van der Waals surface area contributed by atoms with E-state index < -0.39 is 0 Å². The maximum atomic E-state index is 11.7. The van der Waals surface area contributed by atoms with Crippen molar-refractivity contribution in [2.75, 3.05) is 19.9 Å². The predicted molar refractivity (Wildman–Crippen MR) is 51.5 cm³/mol. The standard InChI is InChI=1S/C8H14N4O2/c1-5-6(9)7(11(2)10-5)8(13)12(3)14-4/h9H2,1-4H3. The van der Waals surface area contributed by atoms with Crippen molar-refractivity contribution in [3.63, 3.8) is 0 Å². The van der Waals surface area contributed by atoms with E-state index in [2.05, 4.69) is 5.10 Å². The first kappa shape index (κ1) is 10.5. The van der Waals surface area contributed by atoms with Gasteiger partial charge in [0.1, 0.15) is 0 Å². The molecule has 78 valence electrons. The van der Waals surface area contributed by atoms with Crippen LogP contribution in [0.2, 0.25) is 0 Å². The van der Waals surface area contributed by atoms with Crippen LogP contribution in [0.4, 0.5) is 5.69 Å². The second-order valence-electron chi connectivity index (χ2n) is 2.96. The Hall–Kier alpha value is -1.56. The minimum atomic E-state index is -0.312. The molecular weight excluding hydrogens is 184 g/mol. The van der Waals surface area contributed by atoms with Gasteiger partial charge in [0.2, 0.25) is 0 Å². The molecule has 6 nitrogen and oxygen atoms in total. The number of hydrogen-bond acceptors (Lipinski definition) is 4. The summed E-state index contributed by atoms with van der Waals surface area (Å²) in [5.41, 5.74) is 7.08. The zero-order chi connectivity index (χ0) is 10.9. The molecule has 0 aliphatic heterocycles. The van der Waals surface area contributed by atoms with E-state index in [1.54, 1.807) is 14.0 Å². The van der Waals surface area contributed by atoms with Crippen LogP contribution in [0.5, 0.6) is 0 Å². The second kappa shape index (κ2) is 3.67. The van der Waals surface area contributed by atoms with E-state index in [0.717, 1.165) is 5.06 Å². The van der Waals surface area contributed by atoms with Crippen LogP contribution in [0.15, 0.2) is 0 Å². The molecule has 2 N–H and O–H groups in total. The number of nitrogens with two attached hydrogens (primary N) is 1. The highest BCUT2D eigenvalue weighted by Crippen LogP contribution is 2.16. The van der Waals surface area contributed by atoms with E-state index in [-0.39, 0.29) is 5.91 Å². The van der Waals surface area contributed by atoms with Crippen molar-refractivity contribution in [1.29, 1.82) is 0 Å². The topological polar surface area (TPSA) is 73.4 Å². The number of hydrogen-bond donors (Lipinski definition) is 1. The van der Waals surface area contributed by atoms with E-state index >= 15 is 0 Å². The van der Waals surface area contributed by atoms with Gasteiger partial charge in [-0.3, -0.25) is 14.3 Å². The van der Waals surface area contributed by atoms with Gasteiger partial charge in [0.05, 0.1) is 18.5 Å². The zero-order valence-electron chi connectivity index (χ0n) is 8.74. The summed E-state index contributed by atoms with van der Waals surface area (Å²) in [7, 11) is 4.60. The number of hydroxylamine groups is 2. The van der Waals surface area contributed by atoms with Crippen LogP contribution in [0.3, 0.4) is 0 Å². The molecular formula is C8H14N4O2. The molecule has 0 saturated carbocycles. The van der Waals surface area contributed by atoms with Gasteiger partial charge in [0, 0.05) is 14.1 Å². The van der Waals surface area contributed by atoms with Crippen molar-refractivity contribution in [3.8, 4) is 0 Å². The smallest absolute Gasteiger partial charge is 0.297 e. The first-order valence-electron chi connectivity index (χ1n) is 4.10. The summed E-state index contributed by atoms with van der Waals surface area (Å²) >= 11 is 0. The minimum absolute atomic E-state index is 0.312. The van der Waals surface area contributed by atoms with Gasteiger partial charge >= 0.3 is 0 Å². The average molecular weight is 198 g/mol. The van der Waals surface area contributed by atoms with Gasteiger partial charge in [-0.2, -0.15) is 5.10 Å². The maximum absolute atomic E-state index is 11.7. The Morgan fingerprint density at radius 3 is 2.57 bits per heavy atom. The van der Waals surface area contributed by atoms with Gasteiger partial charge < -0.3 is 5.73 Å². The van der Waals surface area contributed by atoms with E-state index in [9.17, 15) is 4.79 Å². The van der Waals surface area contributed by atoms with Crippen LogP contribution in [-0.2, 0) is 11.9 Å². The molecule has 1 amide bonds. The number of nitrogen functional groups attached to an aromatic ring is 1. The number of aromatic nitrogens is 2. The first-order chi connectivity index (χ1) is 6.49. The third-order valence-electron chi connectivity index (χ3n) is 2.03. The lowest BCUT2D eigenvalue weighted by Gasteiger charge is -2.13. The van der Waals surface area contributed by atoms with Crippen molar-refractivity contribution >= 4 is 11.6 Å². The summed E-state index contributed by atoms with van der Waals surface area (Å²) in [6.07, 6.45) is 0. The van der Waals surface area contributed by atoms with Crippen LogP contribution < -0.4 is 5.73 Å². The molecule has 0 aromatic carbocycles. The molecule has 0 unspecified atom stereocenters. The second-order valence-corrected chi connectivity index (χ2v) is 2.96. The Morgan fingerprint density at radius 1 is 1.64 bits per heavy atom. The molecule has 6 heteroatoms. The molecule has 0 atom stereocenters. The van der Waals surface area contributed by atoms with Crippen LogP contribution in [0.25, 0.3) is 0 Å². The summed E-state index contributed by atoms with van der Waals surface area (Å²) in [6.45, 7) is 1.75. The first-order valence-corrected chi connectivity index (χ1v) is 4.10. The lowest BCUT2D eigenvalue weighted by atomic mass is 10.3. The highest BCUT2D eigenvalue weighted by molar-refractivity contribution is 5.97. The van der Waals surface area contributed by atoms with Crippen molar-refractivity contribution in [2.45, 2.75) is 6.92 Å². The Kier molecular flexibility index (Phi) is 2.76. The highest BCUT2D eigenvalue weighted by atomic mass is 16.7. The van der Waals surface area contributed by atoms with E-state index in [1.807, 2.05) is 0 Å². The summed E-state index contributed by atoms with van der Waals surface area (Å²) in [5.74, 6) is -0.312. The third kappa shape index (κ3) is 1.56. The quantitative estimate of drug-likeness (QED) is 0.676. The van der Waals surface area contributed by atoms with Gasteiger partial charge in [-0.05, 0) is 6.92 Å². The van der Waals surface area contributed by atoms with Crippen molar-refractivity contribution in [2.24, 2.45) is 7.05 Å². The van der Waals surface area contributed by atoms with Gasteiger partial charge in [0.15, 0.2) is 5.69 Å². The fourth-order valence-electron chi connectivity index (χ4n) is 1.16. The number of carbonyl (C=O) groups is 1. The molecule has 0 saturated heterocycles. The SMILES string of the molecule is CON(C)C(=O)c1c(N)c(C)nn1C. The largest absolute Gasteiger partial charge is 0.395 e. The van der Waals surface area contributed by atoms with Crippen LogP contribution in [0, 0.1) is 6.92 Å². The molecule has 0 aliphatic rings. The van der Waals surface area contributed by atoms with Gasteiger partial charge in [-0.25, -0.2) is 5.06 Å². The molecule has 0 fully saturated rings. The highest BCUT2D eigenvalue weighted by Gasteiger charge is 2.21. The number of nitrogens with zero attached hydrogens (tertiary/aromatic N) is 3. The monoisotopic (exact) mass is 198 g/mol. The summed E-state index contributed by atoms with van der Waals surface area (Å²) in [4.78, 5) is 16.5. The molecule has 14 heavy (non-hydrogen) atoms. The summed E-state index contributed by atoms with van der Waals surface area (Å²) in [6, 6.07) is 0. The van der Waals surface area contributed by atoms with Crippen molar-refractivity contribution in [1.82, 2.24) is 14.8 Å². The molecule has 1 aromatic rings. The molecule has 0 spiro atoms.